The first-order valence-corrected chi connectivity index (χ1v) is 8.66. The number of sulfonamides is 1. The van der Waals surface area contributed by atoms with Crippen LogP contribution in [0.1, 0.15) is 10.4 Å². The number of fused-ring (bicyclic) bond motifs is 1. The molecule has 3 rings (SSSR count). The van der Waals surface area contributed by atoms with Crippen LogP contribution in [0.3, 0.4) is 0 Å². The third kappa shape index (κ3) is 3.73. The van der Waals surface area contributed by atoms with Gasteiger partial charge in [0.2, 0.25) is 16.0 Å². The van der Waals surface area contributed by atoms with Crippen molar-refractivity contribution in [1.29, 1.82) is 0 Å². The maximum Gasteiger partial charge on any atom is 0.337 e. The van der Waals surface area contributed by atoms with Crippen LogP contribution in [-0.4, -0.2) is 31.5 Å². The first-order valence-electron chi connectivity index (χ1n) is 7.12. The summed E-state index contributed by atoms with van der Waals surface area (Å²) in [5.41, 5.74) is 1.55. The zero-order chi connectivity index (χ0) is 18.0. The fraction of sp³-hybridized carbons (Fsp3) is 0.0625. The molecule has 0 bridgehead atoms. The van der Waals surface area contributed by atoms with Crippen molar-refractivity contribution in [3.05, 3.63) is 54.2 Å². The molecule has 0 aliphatic rings. The molecule has 0 aliphatic heterocycles. The summed E-state index contributed by atoms with van der Waals surface area (Å²) in [5, 5.41) is 8.79. The van der Waals surface area contributed by atoms with Gasteiger partial charge in [-0.1, -0.05) is 6.07 Å². The van der Waals surface area contributed by atoms with Crippen molar-refractivity contribution < 1.29 is 17.9 Å². The number of methoxy groups -OCH3 is 1. The largest absolute Gasteiger partial charge is 0.465 e. The van der Waals surface area contributed by atoms with Crippen LogP contribution in [0.15, 0.2) is 53.6 Å². The molecule has 0 radical (unpaired) electrons. The molecule has 25 heavy (non-hydrogen) atoms. The average Bonchev–Trinajstić information content (AvgIpc) is 2.60. The maximum absolute atomic E-state index is 11.6. The molecule has 0 saturated heterocycles. The van der Waals surface area contributed by atoms with Gasteiger partial charge in [0, 0.05) is 17.3 Å². The number of hydrogen-bond donors (Lipinski definition) is 2. The van der Waals surface area contributed by atoms with Gasteiger partial charge >= 0.3 is 5.97 Å². The number of benzene rings is 2. The first-order chi connectivity index (χ1) is 11.9. The number of hydrogen-bond acceptors (Lipinski definition) is 7. The number of anilines is 2. The van der Waals surface area contributed by atoms with Crippen molar-refractivity contribution in [2.75, 3.05) is 12.4 Å². The third-order valence-electron chi connectivity index (χ3n) is 3.44. The summed E-state index contributed by atoms with van der Waals surface area (Å²) >= 11 is 0. The number of carbonyl (C=O) groups is 1. The summed E-state index contributed by atoms with van der Waals surface area (Å²) in [4.78, 5) is 20.2. The monoisotopic (exact) mass is 358 g/mol. The predicted molar refractivity (Wildman–Crippen MR) is 92.0 cm³/mol. The van der Waals surface area contributed by atoms with E-state index in [9.17, 15) is 13.2 Å². The Kier molecular flexibility index (Phi) is 4.34. The molecular weight excluding hydrogens is 344 g/mol. The quantitative estimate of drug-likeness (QED) is 0.681. The van der Waals surface area contributed by atoms with Gasteiger partial charge in [-0.05, 0) is 36.4 Å². The summed E-state index contributed by atoms with van der Waals surface area (Å²) in [6.07, 6.45) is 1.62. The lowest BCUT2D eigenvalue weighted by Gasteiger charge is -2.07. The smallest absolute Gasteiger partial charge is 0.337 e. The van der Waals surface area contributed by atoms with Crippen molar-refractivity contribution in [2.45, 2.75) is 4.90 Å². The standard InChI is InChI=1S/C16H14N4O4S/c1-24-15(21)10-2-3-11-9-18-16(20-14(11)8-10)19-12-4-6-13(7-5-12)25(17,22)23/h2-9H,1H3,(H2,17,22,23)(H,18,19,20). The van der Waals surface area contributed by atoms with Crippen LogP contribution in [0.5, 0.6) is 0 Å². The van der Waals surface area contributed by atoms with Gasteiger partial charge < -0.3 is 10.1 Å². The molecule has 128 valence electrons. The van der Waals surface area contributed by atoms with Gasteiger partial charge in [-0.3, -0.25) is 0 Å². The van der Waals surface area contributed by atoms with Crippen LogP contribution in [0, 0.1) is 0 Å². The van der Waals surface area contributed by atoms with E-state index in [1.54, 1.807) is 36.5 Å². The predicted octanol–water partition coefficient (Wildman–Crippen LogP) is 1.81. The van der Waals surface area contributed by atoms with E-state index in [-0.39, 0.29) is 4.90 Å². The molecule has 1 aromatic heterocycles. The number of esters is 1. The Hall–Kier alpha value is -3.04. The Labute approximate surface area is 143 Å². The number of ether oxygens (including phenoxy) is 1. The molecule has 0 saturated carbocycles. The number of primary sulfonamides is 1. The number of nitrogens with one attached hydrogen (secondary N) is 1. The van der Waals surface area contributed by atoms with Crippen LogP contribution in [-0.2, 0) is 14.8 Å². The lowest BCUT2D eigenvalue weighted by atomic mass is 10.1. The van der Waals surface area contributed by atoms with Gasteiger partial charge in [0.1, 0.15) is 0 Å². The lowest BCUT2D eigenvalue weighted by Crippen LogP contribution is -2.11. The second kappa shape index (κ2) is 6.46. The topological polar surface area (TPSA) is 124 Å². The van der Waals surface area contributed by atoms with E-state index in [1.807, 2.05) is 0 Å². The molecule has 2 aromatic carbocycles. The fourth-order valence-electron chi connectivity index (χ4n) is 2.19. The highest BCUT2D eigenvalue weighted by Gasteiger charge is 2.09. The summed E-state index contributed by atoms with van der Waals surface area (Å²) in [6.45, 7) is 0. The molecule has 0 unspecified atom stereocenters. The van der Waals surface area contributed by atoms with Gasteiger partial charge in [-0.25, -0.2) is 28.3 Å². The van der Waals surface area contributed by atoms with Gasteiger partial charge in [0.25, 0.3) is 0 Å². The van der Waals surface area contributed by atoms with E-state index >= 15 is 0 Å². The number of nitrogens with two attached hydrogens (primary N) is 1. The van der Waals surface area contributed by atoms with Crippen molar-refractivity contribution in [2.24, 2.45) is 5.14 Å². The van der Waals surface area contributed by atoms with Crippen LogP contribution in [0.2, 0.25) is 0 Å². The summed E-state index contributed by atoms with van der Waals surface area (Å²) in [5.74, 6) is -0.147. The lowest BCUT2D eigenvalue weighted by molar-refractivity contribution is 0.0601. The zero-order valence-electron chi connectivity index (χ0n) is 13.1. The van der Waals surface area contributed by atoms with Crippen LogP contribution >= 0.6 is 0 Å². The SMILES string of the molecule is COC(=O)c1ccc2cnc(Nc3ccc(S(N)(=O)=O)cc3)nc2c1. The van der Waals surface area contributed by atoms with E-state index in [0.717, 1.165) is 5.39 Å². The highest BCUT2D eigenvalue weighted by molar-refractivity contribution is 7.89. The molecule has 0 spiro atoms. The number of carbonyl (C=O) groups excluding carboxylic acids is 1. The molecular formula is C16H14N4O4S. The van der Waals surface area contributed by atoms with Crippen molar-refractivity contribution >= 4 is 38.5 Å². The van der Waals surface area contributed by atoms with Gasteiger partial charge in [0.05, 0.1) is 23.1 Å². The second-order valence-corrected chi connectivity index (χ2v) is 6.71. The number of aromatic nitrogens is 2. The molecule has 0 aliphatic carbocycles. The molecule has 8 nitrogen and oxygen atoms in total. The minimum Gasteiger partial charge on any atom is -0.465 e. The van der Waals surface area contributed by atoms with Gasteiger partial charge in [-0.2, -0.15) is 0 Å². The Bertz CT molecular complexity index is 1050. The third-order valence-corrected chi connectivity index (χ3v) is 4.37. The molecule has 1 heterocycles. The van der Waals surface area contributed by atoms with E-state index < -0.39 is 16.0 Å². The fourth-order valence-corrected chi connectivity index (χ4v) is 2.70. The number of rotatable bonds is 4. The summed E-state index contributed by atoms with van der Waals surface area (Å²) in [7, 11) is -2.43. The maximum atomic E-state index is 11.6. The van der Waals surface area contributed by atoms with Crippen LogP contribution < -0.4 is 10.5 Å². The normalized spacial score (nSPS) is 11.3. The Morgan fingerprint density at radius 3 is 2.52 bits per heavy atom. The minimum atomic E-state index is -3.74. The van der Waals surface area contributed by atoms with Gasteiger partial charge in [0.15, 0.2) is 0 Å². The van der Waals surface area contributed by atoms with Gasteiger partial charge in [-0.15, -0.1) is 0 Å². The van der Waals surface area contributed by atoms with E-state index in [2.05, 4.69) is 15.3 Å². The molecule has 3 aromatic rings. The van der Waals surface area contributed by atoms with Crippen molar-refractivity contribution in [3.63, 3.8) is 0 Å². The molecule has 9 heteroatoms. The molecule has 0 amide bonds. The van der Waals surface area contributed by atoms with E-state index in [0.29, 0.717) is 22.7 Å². The molecule has 0 atom stereocenters. The van der Waals surface area contributed by atoms with E-state index in [4.69, 9.17) is 9.88 Å². The van der Waals surface area contributed by atoms with Crippen LogP contribution in [0.25, 0.3) is 10.9 Å². The zero-order valence-corrected chi connectivity index (χ0v) is 13.9. The van der Waals surface area contributed by atoms with E-state index in [1.165, 1.54) is 19.2 Å². The summed E-state index contributed by atoms with van der Waals surface area (Å²) < 4.78 is 27.2. The molecule has 3 N–H and O–H groups in total. The Balaban J connectivity index is 1.89. The second-order valence-electron chi connectivity index (χ2n) is 5.15. The van der Waals surface area contributed by atoms with Crippen molar-refractivity contribution in [1.82, 2.24) is 9.97 Å². The summed E-state index contributed by atoms with van der Waals surface area (Å²) in [6, 6.07) is 10.8. The Morgan fingerprint density at radius 1 is 1.16 bits per heavy atom. The number of nitrogens with zero attached hydrogens (tertiary/aromatic N) is 2. The average molecular weight is 358 g/mol. The highest BCUT2D eigenvalue weighted by Crippen LogP contribution is 2.19. The van der Waals surface area contributed by atoms with Crippen molar-refractivity contribution in [3.8, 4) is 0 Å². The first kappa shape index (κ1) is 16.8. The Morgan fingerprint density at radius 2 is 1.88 bits per heavy atom. The molecule has 0 fully saturated rings. The minimum absolute atomic E-state index is 0.0141. The van der Waals surface area contributed by atoms with Crippen LogP contribution in [0.4, 0.5) is 11.6 Å². The highest BCUT2D eigenvalue weighted by atomic mass is 32.2.